The SMILES string of the molecule is OCCCCSSCCCCO. The molecule has 12 heavy (non-hydrogen) atoms. The normalized spacial score (nSPS) is 10.5. The van der Waals surface area contributed by atoms with Crippen molar-refractivity contribution in [2.45, 2.75) is 25.7 Å². The highest BCUT2D eigenvalue weighted by atomic mass is 33.1. The first kappa shape index (κ1) is 12.6. The monoisotopic (exact) mass is 210 g/mol. The van der Waals surface area contributed by atoms with E-state index in [9.17, 15) is 0 Å². The molecule has 0 rings (SSSR count). The lowest BCUT2D eigenvalue weighted by molar-refractivity contribution is 0.287. The largest absolute Gasteiger partial charge is 0.396 e. The van der Waals surface area contributed by atoms with Crippen molar-refractivity contribution in [3.8, 4) is 0 Å². The van der Waals surface area contributed by atoms with Gasteiger partial charge < -0.3 is 10.2 Å². The van der Waals surface area contributed by atoms with Crippen LogP contribution in [0.5, 0.6) is 0 Å². The van der Waals surface area contributed by atoms with Gasteiger partial charge in [-0.15, -0.1) is 0 Å². The second-order valence-electron chi connectivity index (χ2n) is 2.51. The second kappa shape index (κ2) is 11.6. The van der Waals surface area contributed by atoms with E-state index in [0.717, 1.165) is 37.2 Å². The van der Waals surface area contributed by atoms with Crippen LogP contribution in [0.1, 0.15) is 25.7 Å². The van der Waals surface area contributed by atoms with Crippen LogP contribution in [-0.4, -0.2) is 34.9 Å². The van der Waals surface area contributed by atoms with Gasteiger partial charge in [-0.05, 0) is 25.7 Å². The molecule has 0 saturated carbocycles. The molecule has 0 fully saturated rings. The Morgan fingerprint density at radius 2 is 1.08 bits per heavy atom. The molecule has 0 aliphatic heterocycles. The van der Waals surface area contributed by atoms with Crippen LogP contribution < -0.4 is 0 Å². The van der Waals surface area contributed by atoms with Crippen LogP contribution in [-0.2, 0) is 0 Å². The highest BCUT2D eigenvalue weighted by Gasteiger charge is 1.91. The number of aliphatic hydroxyl groups is 2. The summed E-state index contributed by atoms with van der Waals surface area (Å²) in [5.74, 6) is 2.26. The molecule has 2 N–H and O–H groups in total. The van der Waals surface area contributed by atoms with Crippen molar-refractivity contribution >= 4 is 21.6 Å². The molecular formula is C8H18O2S2. The Bertz CT molecular complexity index is 71.5. The van der Waals surface area contributed by atoms with Gasteiger partial charge >= 0.3 is 0 Å². The van der Waals surface area contributed by atoms with Gasteiger partial charge in [0.25, 0.3) is 0 Å². The molecule has 0 unspecified atom stereocenters. The summed E-state index contributed by atoms with van der Waals surface area (Å²) in [6.07, 6.45) is 4.05. The summed E-state index contributed by atoms with van der Waals surface area (Å²) < 4.78 is 0. The highest BCUT2D eigenvalue weighted by Crippen LogP contribution is 2.23. The summed E-state index contributed by atoms with van der Waals surface area (Å²) in [4.78, 5) is 0. The van der Waals surface area contributed by atoms with Crippen LogP contribution >= 0.6 is 21.6 Å². The fourth-order valence-electron chi connectivity index (χ4n) is 0.663. The minimum absolute atomic E-state index is 0.315. The lowest BCUT2D eigenvalue weighted by Gasteiger charge is -1.99. The van der Waals surface area contributed by atoms with Crippen LogP contribution in [0.2, 0.25) is 0 Å². The van der Waals surface area contributed by atoms with Gasteiger partial charge in [0, 0.05) is 24.7 Å². The highest BCUT2D eigenvalue weighted by molar-refractivity contribution is 8.76. The van der Waals surface area contributed by atoms with E-state index in [0.29, 0.717) is 13.2 Å². The molecule has 0 bridgehead atoms. The summed E-state index contributed by atoms with van der Waals surface area (Å²) in [5, 5.41) is 17.0. The third-order valence-corrected chi connectivity index (χ3v) is 3.93. The zero-order valence-electron chi connectivity index (χ0n) is 7.37. The molecule has 74 valence electrons. The summed E-state index contributed by atoms with van der Waals surface area (Å²) in [5.41, 5.74) is 0. The zero-order valence-corrected chi connectivity index (χ0v) is 9.00. The Hall–Kier alpha value is 0.620. The lowest BCUT2D eigenvalue weighted by atomic mass is 10.4. The maximum Gasteiger partial charge on any atom is 0.0431 e. The maximum atomic E-state index is 8.50. The molecule has 4 heteroatoms. The van der Waals surface area contributed by atoms with Crippen molar-refractivity contribution in [1.82, 2.24) is 0 Å². The minimum Gasteiger partial charge on any atom is -0.396 e. The molecule has 0 aromatic carbocycles. The molecule has 0 heterocycles. The maximum absolute atomic E-state index is 8.50. The summed E-state index contributed by atoms with van der Waals surface area (Å²) in [6, 6.07) is 0. The van der Waals surface area contributed by atoms with Crippen LogP contribution in [0.3, 0.4) is 0 Å². The molecule has 0 saturated heterocycles. The zero-order chi connectivity index (χ0) is 9.07. The first-order valence-electron chi connectivity index (χ1n) is 4.38. The van der Waals surface area contributed by atoms with Crippen molar-refractivity contribution < 1.29 is 10.2 Å². The van der Waals surface area contributed by atoms with Crippen molar-refractivity contribution in [2.75, 3.05) is 24.7 Å². The number of rotatable bonds is 9. The van der Waals surface area contributed by atoms with Gasteiger partial charge in [0.15, 0.2) is 0 Å². The van der Waals surface area contributed by atoms with Crippen LogP contribution in [0.25, 0.3) is 0 Å². The molecule has 0 aliphatic carbocycles. The first-order chi connectivity index (χ1) is 5.91. The quantitative estimate of drug-likeness (QED) is 0.450. The minimum atomic E-state index is 0.315. The first-order valence-corrected chi connectivity index (χ1v) is 6.86. The molecule has 0 aromatic rings. The van der Waals surface area contributed by atoms with Gasteiger partial charge in [-0.2, -0.15) is 0 Å². The molecular weight excluding hydrogens is 192 g/mol. The van der Waals surface area contributed by atoms with Gasteiger partial charge in [0.2, 0.25) is 0 Å². The van der Waals surface area contributed by atoms with E-state index in [1.54, 1.807) is 0 Å². The predicted molar refractivity (Wildman–Crippen MR) is 57.6 cm³/mol. The van der Waals surface area contributed by atoms with Gasteiger partial charge in [0.1, 0.15) is 0 Å². The van der Waals surface area contributed by atoms with E-state index >= 15 is 0 Å². The molecule has 2 nitrogen and oxygen atoms in total. The molecule has 0 aromatic heterocycles. The van der Waals surface area contributed by atoms with E-state index in [2.05, 4.69) is 0 Å². The third-order valence-electron chi connectivity index (χ3n) is 1.35. The second-order valence-corrected chi connectivity index (χ2v) is 5.21. The van der Waals surface area contributed by atoms with Gasteiger partial charge in [-0.1, -0.05) is 21.6 Å². The molecule has 0 aliphatic rings. The Labute approximate surface area is 82.5 Å². The average Bonchev–Trinajstić information content (AvgIpc) is 2.10. The van der Waals surface area contributed by atoms with Crippen LogP contribution in [0, 0.1) is 0 Å². The Morgan fingerprint density at radius 3 is 1.42 bits per heavy atom. The van der Waals surface area contributed by atoms with Crippen LogP contribution in [0.15, 0.2) is 0 Å². The van der Waals surface area contributed by atoms with E-state index in [4.69, 9.17) is 10.2 Å². The van der Waals surface area contributed by atoms with Crippen molar-refractivity contribution in [2.24, 2.45) is 0 Å². The number of hydrogen-bond donors (Lipinski definition) is 2. The Balaban J connectivity index is 2.73. The van der Waals surface area contributed by atoms with E-state index in [-0.39, 0.29) is 0 Å². The number of hydrogen-bond acceptors (Lipinski definition) is 4. The number of unbranched alkanes of at least 4 members (excludes halogenated alkanes) is 2. The molecule has 0 atom stereocenters. The summed E-state index contributed by atoms with van der Waals surface area (Å²) >= 11 is 0. The molecule has 0 spiro atoms. The van der Waals surface area contributed by atoms with Crippen molar-refractivity contribution in [1.29, 1.82) is 0 Å². The molecule has 0 amide bonds. The fourth-order valence-corrected chi connectivity index (χ4v) is 2.96. The van der Waals surface area contributed by atoms with Gasteiger partial charge in [0.05, 0.1) is 0 Å². The van der Waals surface area contributed by atoms with Crippen LogP contribution in [0.4, 0.5) is 0 Å². The lowest BCUT2D eigenvalue weighted by Crippen LogP contribution is -1.85. The van der Waals surface area contributed by atoms with E-state index in [1.807, 2.05) is 21.6 Å². The average molecular weight is 210 g/mol. The number of aliphatic hydroxyl groups excluding tert-OH is 2. The molecule has 0 radical (unpaired) electrons. The smallest absolute Gasteiger partial charge is 0.0431 e. The van der Waals surface area contributed by atoms with Crippen molar-refractivity contribution in [3.63, 3.8) is 0 Å². The third kappa shape index (κ3) is 10.6. The van der Waals surface area contributed by atoms with Crippen molar-refractivity contribution in [3.05, 3.63) is 0 Å². The summed E-state index contributed by atoms with van der Waals surface area (Å²) in [7, 11) is 3.74. The Morgan fingerprint density at radius 1 is 0.667 bits per heavy atom. The predicted octanol–water partition coefficient (Wildman–Crippen LogP) is 1.91. The van der Waals surface area contributed by atoms with E-state index < -0.39 is 0 Å². The summed E-state index contributed by atoms with van der Waals surface area (Å²) in [6.45, 7) is 0.630. The fraction of sp³-hybridized carbons (Fsp3) is 1.00. The Kier molecular flexibility index (Phi) is 12.2. The van der Waals surface area contributed by atoms with Gasteiger partial charge in [-0.3, -0.25) is 0 Å². The standard InChI is InChI=1S/C8H18O2S2/c9-5-1-3-7-11-12-8-4-2-6-10/h9-10H,1-8H2. The topological polar surface area (TPSA) is 40.5 Å². The van der Waals surface area contributed by atoms with E-state index in [1.165, 1.54) is 0 Å². The van der Waals surface area contributed by atoms with Gasteiger partial charge in [-0.25, -0.2) is 0 Å².